The molecule has 4 heteroatoms. The van der Waals surface area contributed by atoms with Crippen LogP contribution in [0.3, 0.4) is 0 Å². The predicted octanol–water partition coefficient (Wildman–Crippen LogP) is 2.33. The lowest BCUT2D eigenvalue weighted by atomic mass is 10.2. The van der Waals surface area contributed by atoms with Crippen molar-refractivity contribution in [3.05, 3.63) is 24.3 Å². The van der Waals surface area contributed by atoms with Crippen LogP contribution in [0, 0.1) is 5.92 Å². The molecule has 0 bridgehead atoms. The maximum atomic E-state index is 11.7. The second-order valence-electron chi connectivity index (χ2n) is 5.34. The first-order chi connectivity index (χ1) is 8.99. The van der Waals surface area contributed by atoms with Gasteiger partial charge in [-0.3, -0.25) is 4.79 Å². The number of hydrogen-bond donors (Lipinski definition) is 2. The average Bonchev–Trinajstić information content (AvgIpc) is 2.35. The van der Waals surface area contributed by atoms with E-state index >= 15 is 0 Å². The first-order valence-electron chi connectivity index (χ1n) is 6.77. The lowest BCUT2D eigenvalue weighted by molar-refractivity contribution is -0.116. The fourth-order valence-corrected chi connectivity index (χ4v) is 1.66. The molecule has 0 saturated carbocycles. The van der Waals surface area contributed by atoms with Crippen LogP contribution in [0.15, 0.2) is 24.3 Å². The molecule has 106 valence electrons. The summed E-state index contributed by atoms with van der Waals surface area (Å²) in [5.74, 6) is 0.662. The summed E-state index contributed by atoms with van der Waals surface area (Å²) in [4.78, 5) is 13.7. The van der Waals surface area contributed by atoms with Gasteiger partial charge in [-0.2, -0.15) is 0 Å². The zero-order chi connectivity index (χ0) is 14.3. The molecule has 1 rings (SSSR count). The normalized spacial score (nSPS) is 10.6. The molecule has 19 heavy (non-hydrogen) atoms. The molecule has 0 fully saturated rings. The first-order valence-corrected chi connectivity index (χ1v) is 6.77. The van der Waals surface area contributed by atoms with Gasteiger partial charge in [0.2, 0.25) is 5.91 Å². The molecule has 0 aliphatic carbocycles. The van der Waals surface area contributed by atoms with E-state index in [1.54, 1.807) is 0 Å². The second kappa shape index (κ2) is 7.79. The first kappa shape index (κ1) is 15.5. The number of amides is 1. The van der Waals surface area contributed by atoms with Gasteiger partial charge in [0.05, 0.1) is 0 Å². The third-order valence-electron chi connectivity index (χ3n) is 2.75. The third kappa shape index (κ3) is 6.25. The summed E-state index contributed by atoms with van der Waals surface area (Å²) < 4.78 is 0. The van der Waals surface area contributed by atoms with Gasteiger partial charge in [-0.05, 0) is 36.7 Å². The van der Waals surface area contributed by atoms with Gasteiger partial charge in [0.1, 0.15) is 0 Å². The van der Waals surface area contributed by atoms with Gasteiger partial charge < -0.3 is 15.5 Å². The zero-order valence-electron chi connectivity index (χ0n) is 12.4. The van der Waals surface area contributed by atoms with Crippen LogP contribution in [0.2, 0.25) is 0 Å². The van der Waals surface area contributed by atoms with Gasteiger partial charge >= 0.3 is 0 Å². The highest BCUT2D eigenvalue weighted by molar-refractivity contribution is 5.90. The van der Waals surface area contributed by atoms with Gasteiger partial charge in [-0.1, -0.05) is 13.8 Å². The molecule has 1 aromatic rings. The van der Waals surface area contributed by atoms with Crippen LogP contribution in [0.1, 0.15) is 20.3 Å². The Labute approximate surface area is 116 Å². The van der Waals surface area contributed by atoms with Crippen LogP contribution in [-0.4, -0.2) is 33.1 Å². The molecule has 0 saturated heterocycles. The second-order valence-corrected chi connectivity index (χ2v) is 5.34. The molecule has 0 radical (unpaired) electrons. The van der Waals surface area contributed by atoms with Crippen molar-refractivity contribution in [3.8, 4) is 0 Å². The van der Waals surface area contributed by atoms with Crippen molar-refractivity contribution in [1.82, 2.24) is 5.32 Å². The van der Waals surface area contributed by atoms with E-state index in [4.69, 9.17) is 0 Å². The molecule has 0 aromatic heterocycles. The summed E-state index contributed by atoms with van der Waals surface area (Å²) in [6.45, 7) is 5.98. The SMILES string of the molecule is CC(C)CNCCC(=O)Nc1ccc(N(C)C)cc1. The lowest BCUT2D eigenvalue weighted by Crippen LogP contribution is -2.24. The Hall–Kier alpha value is -1.55. The molecule has 0 atom stereocenters. The summed E-state index contributed by atoms with van der Waals surface area (Å²) in [7, 11) is 3.99. The summed E-state index contributed by atoms with van der Waals surface area (Å²) in [5.41, 5.74) is 1.97. The van der Waals surface area contributed by atoms with E-state index in [0.717, 1.165) is 24.5 Å². The quantitative estimate of drug-likeness (QED) is 0.742. The number of nitrogens with one attached hydrogen (secondary N) is 2. The summed E-state index contributed by atoms with van der Waals surface area (Å²) in [5, 5.41) is 6.16. The van der Waals surface area contributed by atoms with Crippen molar-refractivity contribution < 1.29 is 4.79 Å². The van der Waals surface area contributed by atoms with E-state index in [2.05, 4.69) is 24.5 Å². The van der Waals surface area contributed by atoms with Crippen molar-refractivity contribution in [3.63, 3.8) is 0 Å². The van der Waals surface area contributed by atoms with Crippen molar-refractivity contribution in [2.24, 2.45) is 5.92 Å². The number of carbonyl (C=O) groups excluding carboxylic acids is 1. The number of anilines is 2. The van der Waals surface area contributed by atoms with Gasteiger partial charge in [0, 0.05) is 38.4 Å². The highest BCUT2D eigenvalue weighted by Gasteiger charge is 2.03. The van der Waals surface area contributed by atoms with E-state index in [9.17, 15) is 4.79 Å². The Bertz CT molecular complexity index is 385. The molecule has 0 heterocycles. The fourth-order valence-electron chi connectivity index (χ4n) is 1.66. The molecular formula is C15H25N3O. The molecule has 1 amide bonds. The molecule has 0 aliphatic rings. The maximum absolute atomic E-state index is 11.7. The Morgan fingerprint density at radius 3 is 2.37 bits per heavy atom. The summed E-state index contributed by atoms with van der Waals surface area (Å²) >= 11 is 0. The Kier molecular flexibility index (Phi) is 6.36. The number of benzene rings is 1. The van der Waals surface area contributed by atoms with Gasteiger partial charge in [-0.25, -0.2) is 0 Å². The Morgan fingerprint density at radius 2 is 1.84 bits per heavy atom. The maximum Gasteiger partial charge on any atom is 0.225 e. The van der Waals surface area contributed by atoms with E-state index in [1.807, 2.05) is 43.3 Å². The van der Waals surface area contributed by atoms with Crippen molar-refractivity contribution >= 4 is 17.3 Å². The van der Waals surface area contributed by atoms with Crippen LogP contribution in [0.4, 0.5) is 11.4 Å². The molecule has 0 unspecified atom stereocenters. The summed E-state index contributed by atoms with van der Waals surface area (Å²) in [6, 6.07) is 7.84. The molecule has 0 spiro atoms. The van der Waals surface area contributed by atoms with Gasteiger partial charge in [-0.15, -0.1) is 0 Å². The van der Waals surface area contributed by atoms with Crippen molar-refractivity contribution in [1.29, 1.82) is 0 Å². The van der Waals surface area contributed by atoms with Crippen LogP contribution < -0.4 is 15.5 Å². The lowest BCUT2D eigenvalue weighted by Gasteiger charge is -2.13. The Balaban J connectivity index is 2.32. The number of carbonyl (C=O) groups is 1. The third-order valence-corrected chi connectivity index (χ3v) is 2.75. The van der Waals surface area contributed by atoms with Crippen molar-refractivity contribution in [2.45, 2.75) is 20.3 Å². The fraction of sp³-hybridized carbons (Fsp3) is 0.533. The number of hydrogen-bond acceptors (Lipinski definition) is 3. The van der Waals surface area contributed by atoms with Crippen LogP contribution in [0.5, 0.6) is 0 Å². The predicted molar refractivity (Wildman–Crippen MR) is 81.7 cm³/mol. The monoisotopic (exact) mass is 263 g/mol. The highest BCUT2D eigenvalue weighted by atomic mass is 16.1. The topological polar surface area (TPSA) is 44.4 Å². The minimum absolute atomic E-state index is 0.0499. The number of nitrogens with zero attached hydrogens (tertiary/aromatic N) is 1. The van der Waals surface area contributed by atoms with Crippen LogP contribution in [0.25, 0.3) is 0 Å². The van der Waals surface area contributed by atoms with Crippen molar-refractivity contribution in [2.75, 3.05) is 37.4 Å². The summed E-state index contributed by atoms with van der Waals surface area (Å²) in [6.07, 6.45) is 0.502. The molecular weight excluding hydrogens is 238 g/mol. The largest absolute Gasteiger partial charge is 0.378 e. The molecule has 2 N–H and O–H groups in total. The smallest absolute Gasteiger partial charge is 0.225 e. The highest BCUT2D eigenvalue weighted by Crippen LogP contribution is 2.15. The van der Waals surface area contributed by atoms with Crippen LogP contribution >= 0.6 is 0 Å². The minimum Gasteiger partial charge on any atom is -0.378 e. The molecule has 4 nitrogen and oxygen atoms in total. The van der Waals surface area contributed by atoms with E-state index in [0.29, 0.717) is 12.3 Å². The molecule has 0 aliphatic heterocycles. The zero-order valence-corrected chi connectivity index (χ0v) is 12.4. The Morgan fingerprint density at radius 1 is 1.21 bits per heavy atom. The average molecular weight is 263 g/mol. The molecule has 1 aromatic carbocycles. The minimum atomic E-state index is 0.0499. The van der Waals surface area contributed by atoms with Crippen LogP contribution in [-0.2, 0) is 4.79 Å². The standard InChI is InChI=1S/C15H25N3O/c1-12(2)11-16-10-9-15(19)17-13-5-7-14(8-6-13)18(3)4/h5-8,12,16H,9-11H2,1-4H3,(H,17,19). The van der Waals surface area contributed by atoms with E-state index in [1.165, 1.54) is 0 Å². The van der Waals surface area contributed by atoms with E-state index in [-0.39, 0.29) is 5.91 Å². The number of rotatable bonds is 7. The van der Waals surface area contributed by atoms with Gasteiger partial charge in [0.15, 0.2) is 0 Å². The van der Waals surface area contributed by atoms with Gasteiger partial charge in [0.25, 0.3) is 0 Å². The van der Waals surface area contributed by atoms with E-state index < -0.39 is 0 Å².